The third-order valence-electron chi connectivity index (χ3n) is 1.89. The van der Waals surface area contributed by atoms with Gasteiger partial charge >= 0.3 is 6.09 Å². The summed E-state index contributed by atoms with van der Waals surface area (Å²) in [6, 6.07) is 5.39. The lowest BCUT2D eigenvalue weighted by Crippen LogP contribution is -2.22. The van der Waals surface area contributed by atoms with Gasteiger partial charge in [0.25, 0.3) is 0 Å². The van der Waals surface area contributed by atoms with Gasteiger partial charge in [0.15, 0.2) is 5.75 Å². The summed E-state index contributed by atoms with van der Waals surface area (Å²) in [5.41, 5.74) is 7.29. The molecule has 0 radical (unpaired) electrons. The van der Waals surface area contributed by atoms with Crippen molar-refractivity contribution in [1.29, 1.82) is 0 Å². The molecular formula is C10H14N2O2. The minimum Gasteiger partial charge on any atom is -0.408 e. The van der Waals surface area contributed by atoms with Gasteiger partial charge in [-0.05, 0) is 24.1 Å². The maximum absolute atomic E-state index is 10.9. The van der Waals surface area contributed by atoms with Crippen molar-refractivity contribution in [3.05, 3.63) is 23.8 Å². The molecule has 0 fully saturated rings. The topological polar surface area (TPSA) is 64.3 Å². The molecule has 1 aromatic carbocycles. The zero-order valence-electron chi connectivity index (χ0n) is 8.33. The van der Waals surface area contributed by atoms with E-state index in [-0.39, 0.29) is 0 Å². The Hall–Kier alpha value is -1.71. The van der Waals surface area contributed by atoms with Gasteiger partial charge in [0.05, 0.1) is 5.69 Å². The van der Waals surface area contributed by atoms with Crippen LogP contribution in [0, 0.1) is 0 Å². The second kappa shape index (κ2) is 4.50. The van der Waals surface area contributed by atoms with Crippen LogP contribution in [0.4, 0.5) is 10.5 Å². The Labute approximate surface area is 83.1 Å². The molecule has 0 aliphatic rings. The number of ether oxygens (including phenoxy) is 1. The molecule has 0 spiro atoms. The predicted octanol–water partition coefficient (Wildman–Crippen LogP) is 1.55. The summed E-state index contributed by atoms with van der Waals surface area (Å²) in [5, 5.41) is 2.35. The molecule has 1 amide bonds. The van der Waals surface area contributed by atoms with Gasteiger partial charge in [0, 0.05) is 7.05 Å². The summed E-state index contributed by atoms with van der Waals surface area (Å²) in [6.45, 7) is 2.04. The Kier molecular flexibility index (Phi) is 3.34. The smallest absolute Gasteiger partial charge is 0.408 e. The number of nitrogens with two attached hydrogens (primary N) is 1. The van der Waals surface area contributed by atoms with Crippen molar-refractivity contribution in [3.8, 4) is 5.75 Å². The average molecular weight is 194 g/mol. The van der Waals surface area contributed by atoms with Crippen molar-refractivity contribution in [2.24, 2.45) is 0 Å². The molecule has 0 bridgehead atoms. The molecule has 3 N–H and O–H groups in total. The number of aryl methyl sites for hydroxylation is 1. The molecule has 1 aromatic rings. The van der Waals surface area contributed by atoms with Gasteiger partial charge in [-0.25, -0.2) is 4.79 Å². The molecule has 4 nitrogen and oxygen atoms in total. The summed E-state index contributed by atoms with van der Waals surface area (Å²) >= 11 is 0. The Morgan fingerprint density at radius 1 is 1.57 bits per heavy atom. The number of nitrogen functional groups attached to an aromatic ring is 1. The molecule has 14 heavy (non-hydrogen) atoms. The van der Waals surface area contributed by atoms with E-state index in [1.54, 1.807) is 12.1 Å². The fourth-order valence-electron chi connectivity index (χ4n) is 1.06. The fourth-order valence-corrected chi connectivity index (χ4v) is 1.06. The highest BCUT2D eigenvalue weighted by atomic mass is 16.6. The van der Waals surface area contributed by atoms with Gasteiger partial charge < -0.3 is 15.8 Å². The van der Waals surface area contributed by atoms with E-state index in [1.165, 1.54) is 7.05 Å². The molecule has 4 heteroatoms. The minimum absolute atomic E-state index is 0.390. The van der Waals surface area contributed by atoms with E-state index in [0.717, 1.165) is 12.0 Å². The van der Waals surface area contributed by atoms with Crippen molar-refractivity contribution >= 4 is 11.8 Å². The number of rotatable bonds is 2. The lowest BCUT2D eigenvalue weighted by atomic mass is 10.1. The Morgan fingerprint density at radius 3 is 2.79 bits per heavy atom. The van der Waals surface area contributed by atoms with E-state index in [4.69, 9.17) is 10.5 Å². The van der Waals surface area contributed by atoms with Gasteiger partial charge in [-0.2, -0.15) is 0 Å². The van der Waals surface area contributed by atoms with Gasteiger partial charge in [0.1, 0.15) is 0 Å². The maximum atomic E-state index is 10.9. The number of carbonyl (C=O) groups excluding carboxylic acids is 1. The Morgan fingerprint density at radius 2 is 2.29 bits per heavy atom. The third-order valence-corrected chi connectivity index (χ3v) is 1.89. The van der Waals surface area contributed by atoms with E-state index in [2.05, 4.69) is 5.32 Å². The number of carbonyl (C=O) groups is 1. The lowest BCUT2D eigenvalue weighted by molar-refractivity contribution is 0.203. The van der Waals surface area contributed by atoms with Crippen molar-refractivity contribution < 1.29 is 9.53 Å². The van der Waals surface area contributed by atoms with E-state index in [9.17, 15) is 4.79 Å². The summed E-state index contributed by atoms with van der Waals surface area (Å²) in [4.78, 5) is 10.9. The van der Waals surface area contributed by atoms with Gasteiger partial charge in [-0.1, -0.05) is 13.0 Å². The average Bonchev–Trinajstić information content (AvgIpc) is 2.20. The highest BCUT2D eigenvalue weighted by Gasteiger charge is 2.05. The molecule has 0 aliphatic carbocycles. The number of hydrogen-bond acceptors (Lipinski definition) is 3. The SMILES string of the molecule is CCc1ccc(OC(=O)NC)c(N)c1. The Bertz CT molecular complexity index is 337. The van der Waals surface area contributed by atoms with Crippen LogP contribution in [0.1, 0.15) is 12.5 Å². The molecule has 0 unspecified atom stereocenters. The quantitative estimate of drug-likeness (QED) is 0.702. The Balaban J connectivity index is 2.83. The number of anilines is 1. The van der Waals surface area contributed by atoms with Crippen molar-refractivity contribution in [3.63, 3.8) is 0 Å². The maximum Gasteiger partial charge on any atom is 0.412 e. The number of amides is 1. The van der Waals surface area contributed by atoms with E-state index >= 15 is 0 Å². The van der Waals surface area contributed by atoms with Crippen LogP contribution in [0.5, 0.6) is 5.75 Å². The van der Waals surface area contributed by atoms with Crippen molar-refractivity contribution in [1.82, 2.24) is 5.32 Å². The summed E-state index contributed by atoms with van der Waals surface area (Å²) in [7, 11) is 1.50. The zero-order chi connectivity index (χ0) is 10.6. The summed E-state index contributed by atoms with van der Waals surface area (Å²) in [5.74, 6) is 0.390. The minimum atomic E-state index is -0.513. The van der Waals surface area contributed by atoms with Crippen LogP contribution in [0.25, 0.3) is 0 Å². The largest absolute Gasteiger partial charge is 0.412 e. The summed E-state index contributed by atoms with van der Waals surface area (Å²) < 4.78 is 4.92. The van der Waals surface area contributed by atoms with Crippen LogP contribution < -0.4 is 15.8 Å². The highest BCUT2D eigenvalue weighted by molar-refractivity contribution is 5.72. The molecule has 0 heterocycles. The molecule has 76 valence electrons. The van der Waals surface area contributed by atoms with Crippen LogP contribution in [-0.2, 0) is 6.42 Å². The number of benzene rings is 1. The first-order valence-electron chi connectivity index (χ1n) is 4.45. The lowest BCUT2D eigenvalue weighted by Gasteiger charge is -2.07. The number of hydrogen-bond donors (Lipinski definition) is 2. The molecule has 0 saturated heterocycles. The van der Waals surface area contributed by atoms with Gasteiger partial charge in [-0.3, -0.25) is 0 Å². The zero-order valence-corrected chi connectivity index (χ0v) is 8.33. The van der Waals surface area contributed by atoms with Gasteiger partial charge in [-0.15, -0.1) is 0 Å². The van der Waals surface area contributed by atoms with Crippen LogP contribution >= 0.6 is 0 Å². The summed E-state index contributed by atoms with van der Waals surface area (Å²) in [6.07, 6.45) is 0.394. The molecule has 0 aromatic heterocycles. The molecule has 0 aliphatic heterocycles. The van der Waals surface area contributed by atoms with Crippen LogP contribution in [0.3, 0.4) is 0 Å². The van der Waals surface area contributed by atoms with Crippen molar-refractivity contribution in [2.75, 3.05) is 12.8 Å². The molecule has 1 rings (SSSR count). The number of nitrogens with one attached hydrogen (secondary N) is 1. The first-order valence-corrected chi connectivity index (χ1v) is 4.45. The normalized spacial score (nSPS) is 9.57. The van der Waals surface area contributed by atoms with Crippen LogP contribution in [-0.4, -0.2) is 13.1 Å². The van der Waals surface area contributed by atoms with E-state index in [0.29, 0.717) is 11.4 Å². The van der Waals surface area contributed by atoms with Crippen LogP contribution in [0.15, 0.2) is 18.2 Å². The molecule has 0 saturated carbocycles. The monoisotopic (exact) mass is 194 g/mol. The third kappa shape index (κ3) is 2.39. The van der Waals surface area contributed by atoms with E-state index in [1.807, 2.05) is 13.0 Å². The first-order chi connectivity index (χ1) is 6.67. The van der Waals surface area contributed by atoms with Crippen LogP contribution in [0.2, 0.25) is 0 Å². The molecular weight excluding hydrogens is 180 g/mol. The fraction of sp³-hybridized carbons (Fsp3) is 0.300. The first kappa shape index (κ1) is 10.4. The predicted molar refractivity (Wildman–Crippen MR) is 55.3 cm³/mol. The second-order valence-corrected chi connectivity index (χ2v) is 2.87. The van der Waals surface area contributed by atoms with Crippen molar-refractivity contribution in [2.45, 2.75) is 13.3 Å². The standard InChI is InChI=1S/C10H14N2O2/c1-3-7-4-5-9(8(11)6-7)14-10(13)12-2/h4-6H,3,11H2,1-2H3,(H,12,13). The second-order valence-electron chi connectivity index (χ2n) is 2.87. The van der Waals surface area contributed by atoms with E-state index < -0.39 is 6.09 Å². The molecule has 0 atom stereocenters. The highest BCUT2D eigenvalue weighted by Crippen LogP contribution is 2.22. The van der Waals surface area contributed by atoms with Gasteiger partial charge in [0.2, 0.25) is 0 Å².